The zero-order chi connectivity index (χ0) is 13.7. The smallest absolute Gasteiger partial charge is 0.0201 e. The van der Waals surface area contributed by atoms with Crippen LogP contribution < -0.4 is 0 Å². The van der Waals surface area contributed by atoms with Crippen LogP contribution in [0.3, 0.4) is 0 Å². The summed E-state index contributed by atoms with van der Waals surface area (Å²) in [6.45, 7) is 4.61. The van der Waals surface area contributed by atoms with Crippen LogP contribution in [-0.4, -0.2) is 0 Å². The van der Waals surface area contributed by atoms with Crippen molar-refractivity contribution in [3.05, 3.63) is 82.5 Å². The minimum Gasteiger partial charge on any atom is -0.0625 e. The van der Waals surface area contributed by atoms with E-state index in [1.807, 2.05) is 0 Å². The zero-order valence-corrected chi connectivity index (χ0v) is 12.1. The molecule has 0 saturated heterocycles. The first-order chi connectivity index (χ1) is 9.74. The number of hydrogen-bond acceptors (Lipinski definition) is 0. The second-order valence-electron chi connectivity index (χ2n) is 6.56. The van der Waals surface area contributed by atoms with Crippen LogP contribution in [0.2, 0.25) is 0 Å². The highest BCUT2D eigenvalue weighted by molar-refractivity contribution is 5.61. The summed E-state index contributed by atoms with van der Waals surface area (Å²) in [5.41, 5.74) is 7.50. The lowest BCUT2D eigenvalue weighted by molar-refractivity contribution is 0.549. The van der Waals surface area contributed by atoms with Crippen molar-refractivity contribution in [3.8, 4) is 0 Å². The molecule has 0 aromatic carbocycles. The molecule has 0 aliphatic heterocycles. The molecule has 4 aliphatic carbocycles. The van der Waals surface area contributed by atoms with Gasteiger partial charge in [0.1, 0.15) is 0 Å². The predicted octanol–water partition coefficient (Wildman–Crippen LogP) is 5.06. The third kappa shape index (κ3) is 1.67. The summed E-state index contributed by atoms with van der Waals surface area (Å²) in [6.07, 6.45) is 21.9. The Morgan fingerprint density at radius 2 is 1.50 bits per heavy atom. The Bertz CT molecular complexity index is 669. The summed E-state index contributed by atoms with van der Waals surface area (Å²) in [6, 6.07) is 0. The van der Waals surface area contributed by atoms with E-state index < -0.39 is 0 Å². The predicted molar refractivity (Wildman–Crippen MR) is 85.1 cm³/mol. The van der Waals surface area contributed by atoms with Gasteiger partial charge in [0.25, 0.3) is 0 Å². The topological polar surface area (TPSA) is 0 Å². The van der Waals surface area contributed by atoms with E-state index in [9.17, 15) is 0 Å². The highest BCUT2D eigenvalue weighted by Gasteiger charge is 2.37. The van der Waals surface area contributed by atoms with E-state index in [1.54, 1.807) is 5.57 Å². The van der Waals surface area contributed by atoms with Gasteiger partial charge in [-0.15, -0.1) is 0 Å². The minimum atomic E-state index is 0.548. The van der Waals surface area contributed by atoms with Crippen LogP contribution in [0.15, 0.2) is 82.5 Å². The first-order valence-electron chi connectivity index (χ1n) is 7.63. The van der Waals surface area contributed by atoms with E-state index in [4.69, 9.17) is 0 Å². The SMILES string of the molecule is CC(C)CC1=C2C=CC3=CC=CC4=CC=C(C=C1)C2C34. The number of allylic oxidation sites excluding steroid dienone is 14. The summed E-state index contributed by atoms with van der Waals surface area (Å²) >= 11 is 0. The summed E-state index contributed by atoms with van der Waals surface area (Å²) in [5, 5.41) is 0. The van der Waals surface area contributed by atoms with Gasteiger partial charge in [-0.2, -0.15) is 0 Å². The third-order valence-electron chi connectivity index (χ3n) is 4.72. The van der Waals surface area contributed by atoms with Gasteiger partial charge in [-0.3, -0.25) is 0 Å². The van der Waals surface area contributed by atoms with Gasteiger partial charge < -0.3 is 0 Å². The van der Waals surface area contributed by atoms with Gasteiger partial charge in [0.15, 0.2) is 0 Å². The first kappa shape index (κ1) is 12.0. The fourth-order valence-corrected chi connectivity index (χ4v) is 3.90. The second-order valence-corrected chi connectivity index (χ2v) is 6.56. The Hall–Kier alpha value is -1.82. The lowest BCUT2D eigenvalue weighted by Crippen LogP contribution is -2.29. The van der Waals surface area contributed by atoms with Gasteiger partial charge in [-0.1, -0.05) is 68.5 Å². The lowest BCUT2D eigenvalue weighted by Gasteiger charge is -2.40. The van der Waals surface area contributed by atoms with Crippen molar-refractivity contribution in [2.75, 3.05) is 0 Å². The molecule has 100 valence electrons. The average Bonchev–Trinajstić information content (AvgIpc) is 2.46. The van der Waals surface area contributed by atoms with Crippen molar-refractivity contribution in [2.45, 2.75) is 20.3 Å². The van der Waals surface area contributed by atoms with Crippen molar-refractivity contribution in [3.63, 3.8) is 0 Å². The Morgan fingerprint density at radius 1 is 0.800 bits per heavy atom. The molecule has 4 aliphatic rings. The van der Waals surface area contributed by atoms with Gasteiger partial charge in [-0.25, -0.2) is 0 Å². The van der Waals surface area contributed by atoms with Crippen LogP contribution in [0, 0.1) is 17.8 Å². The van der Waals surface area contributed by atoms with Crippen LogP contribution >= 0.6 is 0 Å². The van der Waals surface area contributed by atoms with E-state index in [0.717, 1.165) is 0 Å². The summed E-state index contributed by atoms with van der Waals surface area (Å²) in [7, 11) is 0. The van der Waals surface area contributed by atoms with Gasteiger partial charge in [0.2, 0.25) is 0 Å². The normalized spacial score (nSPS) is 29.2. The average molecular weight is 260 g/mol. The van der Waals surface area contributed by atoms with E-state index >= 15 is 0 Å². The summed E-state index contributed by atoms with van der Waals surface area (Å²) in [4.78, 5) is 0. The highest BCUT2D eigenvalue weighted by atomic mass is 14.4. The molecule has 0 radical (unpaired) electrons. The number of hydrogen-bond donors (Lipinski definition) is 0. The van der Waals surface area contributed by atoms with Gasteiger partial charge in [0.05, 0.1) is 0 Å². The molecule has 0 aromatic rings. The maximum absolute atomic E-state index is 2.37. The van der Waals surface area contributed by atoms with Gasteiger partial charge >= 0.3 is 0 Å². The van der Waals surface area contributed by atoms with Gasteiger partial charge in [-0.05, 0) is 40.2 Å². The van der Waals surface area contributed by atoms with Crippen LogP contribution in [-0.2, 0) is 0 Å². The first-order valence-corrected chi connectivity index (χ1v) is 7.63. The van der Waals surface area contributed by atoms with Crippen LogP contribution in [0.5, 0.6) is 0 Å². The molecule has 0 saturated carbocycles. The summed E-state index contributed by atoms with van der Waals surface area (Å²) < 4.78 is 0. The summed E-state index contributed by atoms with van der Waals surface area (Å²) in [5.74, 6) is 1.81. The molecule has 0 heterocycles. The molecule has 0 heteroatoms. The molecule has 2 unspecified atom stereocenters. The Labute approximate surface area is 121 Å². The van der Waals surface area contributed by atoms with Crippen molar-refractivity contribution in [2.24, 2.45) is 17.8 Å². The lowest BCUT2D eigenvalue weighted by atomic mass is 9.63. The van der Waals surface area contributed by atoms with Crippen molar-refractivity contribution >= 4 is 0 Å². The molecule has 0 spiro atoms. The van der Waals surface area contributed by atoms with Crippen molar-refractivity contribution in [1.29, 1.82) is 0 Å². The Morgan fingerprint density at radius 3 is 2.30 bits per heavy atom. The molecule has 4 rings (SSSR count). The van der Waals surface area contributed by atoms with E-state index in [1.165, 1.54) is 28.7 Å². The maximum Gasteiger partial charge on any atom is 0.0201 e. The Balaban J connectivity index is 1.89. The van der Waals surface area contributed by atoms with E-state index in [2.05, 4.69) is 68.5 Å². The molecule has 20 heavy (non-hydrogen) atoms. The van der Waals surface area contributed by atoms with E-state index in [0.29, 0.717) is 17.8 Å². The second kappa shape index (κ2) is 4.34. The largest absolute Gasteiger partial charge is 0.0625 e. The fraction of sp³-hybridized carbons (Fsp3) is 0.300. The van der Waals surface area contributed by atoms with Crippen molar-refractivity contribution in [1.82, 2.24) is 0 Å². The Kier molecular flexibility index (Phi) is 2.60. The molecule has 0 aromatic heterocycles. The molecular weight excluding hydrogens is 240 g/mol. The quantitative estimate of drug-likeness (QED) is 0.650. The highest BCUT2D eigenvalue weighted by Crippen LogP contribution is 2.49. The molecule has 0 fully saturated rings. The van der Waals surface area contributed by atoms with Crippen LogP contribution in [0.1, 0.15) is 20.3 Å². The minimum absolute atomic E-state index is 0.548. The van der Waals surface area contributed by atoms with Crippen molar-refractivity contribution < 1.29 is 0 Å². The molecule has 0 amide bonds. The molecule has 0 nitrogen and oxygen atoms in total. The maximum atomic E-state index is 2.37. The number of rotatable bonds is 2. The zero-order valence-electron chi connectivity index (χ0n) is 12.1. The standard InChI is InChI=1S/C20H20/c1-13(2)12-17-9-8-16-7-6-14-4-3-5-15-10-11-18(17)20(16)19(14)15/h3-11,13,19-20H,12H2,1-2H3. The van der Waals surface area contributed by atoms with Gasteiger partial charge in [0, 0.05) is 11.8 Å². The van der Waals surface area contributed by atoms with E-state index in [-0.39, 0.29) is 0 Å². The fourth-order valence-electron chi connectivity index (χ4n) is 3.90. The molecule has 2 atom stereocenters. The molecular formula is C20H20. The van der Waals surface area contributed by atoms with Crippen LogP contribution in [0.25, 0.3) is 0 Å². The van der Waals surface area contributed by atoms with Crippen LogP contribution in [0.4, 0.5) is 0 Å². The monoisotopic (exact) mass is 260 g/mol. The molecule has 0 bridgehead atoms. The third-order valence-corrected chi connectivity index (χ3v) is 4.72. The molecule has 0 N–H and O–H groups in total.